The van der Waals surface area contributed by atoms with Gasteiger partial charge in [0.05, 0.1) is 22.8 Å². The third-order valence-electron chi connectivity index (χ3n) is 4.53. The van der Waals surface area contributed by atoms with Gasteiger partial charge in [0.15, 0.2) is 0 Å². The van der Waals surface area contributed by atoms with Crippen LogP contribution >= 0.6 is 0 Å². The van der Waals surface area contributed by atoms with E-state index in [4.69, 9.17) is 0 Å². The summed E-state index contributed by atoms with van der Waals surface area (Å²) in [6.45, 7) is 2.18. The number of anilines is 3. The second kappa shape index (κ2) is 7.64. The Morgan fingerprint density at radius 1 is 0.958 bits per heavy atom. The van der Waals surface area contributed by atoms with Gasteiger partial charge in [-0.1, -0.05) is 0 Å². The molecule has 0 radical (unpaired) electrons. The smallest absolute Gasteiger partial charge is 0.147 e. The molecule has 1 fully saturated rings. The molecule has 136 valence electrons. The summed E-state index contributed by atoms with van der Waals surface area (Å²) in [7, 11) is 5.28. The Morgan fingerprint density at radius 3 is 1.88 bits per heavy atom. The van der Waals surface area contributed by atoms with E-state index in [0.717, 1.165) is 18.7 Å². The molecule has 0 aromatic heterocycles. The maximum absolute atomic E-state index is 11.5. The maximum atomic E-state index is 11.5. The van der Waals surface area contributed by atoms with E-state index in [2.05, 4.69) is 55.0 Å². The molecule has 1 saturated heterocycles. The van der Waals surface area contributed by atoms with E-state index in [-0.39, 0.29) is 5.75 Å². The van der Waals surface area contributed by atoms with Crippen molar-refractivity contribution in [1.29, 1.82) is 0 Å². The van der Waals surface area contributed by atoms with Gasteiger partial charge in [0, 0.05) is 47.5 Å². The van der Waals surface area contributed by atoms with Gasteiger partial charge in [0.1, 0.15) is 9.84 Å². The van der Waals surface area contributed by atoms with Crippen LogP contribution in [0.3, 0.4) is 0 Å². The van der Waals surface area contributed by atoms with Crippen LogP contribution in [0, 0.1) is 0 Å². The largest absolute Gasteiger partial charge is 0.376 e. The molecule has 0 aliphatic carbocycles. The lowest BCUT2D eigenvalue weighted by atomic mass is 10.0. The summed E-state index contributed by atoms with van der Waals surface area (Å²) >= 11 is 0. The SMILES string of the molecule is CN(C)c1cc(CCS(C)(=O)=O)cc(N(C)C)c1N1CCCCC1. The fraction of sp³-hybridized carbons (Fsp3) is 0.667. The molecule has 0 amide bonds. The number of aryl methyl sites for hydroxylation is 1. The van der Waals surface area contributed by atoms with E-state index in [1.165, 1.54) is 42.6 Å². The number of rotatable bonds is 6. The van der Waals surface area contributed by atoms with Gasteiger partial charge in [-0.25, -0.2) is 8.42 Å². The number of piperidine rings is 1. The summed E-state index contributed by atoms with van der Waals surface area (Å²) in [6.07, 6.45) is 5.62. The normalized spacial score (nSPS) is 15.5. The molecule has 0 N–H and O–H groups in total. The molecule has 1 heterocycles. The first kappa shape index (κ1) is 18.9. The fourth-order valence-corrected chi connectivity index (χ4v) is 3.84. The standard InChI is InChI=1S/C18H31N3O2S/c1-19(2)16-13-15(9-12-24(5,22)23)14-17(20(3)4)18(16)21-10-7-6-8-11-21/h13-14H,6-12H2,1-5H3. The number of benzene rings is 1. The summed E-state index contributed by atoms with van der Waals surface area (Å²) in [5.41, 5.74) is 4.69. The first-order chi connectivity index (χ1) is 11.2. The monoisotopic (exact) mass is 353 g/mol. The van der Waals surface area contributed by atoms with Gasteiger partial charge in [0.2, 0.25) is 0 Å². The van der Waals surface area contributed by atoms with E-state index in [1.54, 1.807) is 0 Å². The van der Waals surface area contributed by atoms with Crippen molar-refractivity contribution in [3.8, 4) is 0 Å². The number of hydrogen-bond acceptors (Lipinski definition) is 5. The second-order valence-corrected chi connectivity index (χ2v) is 9.46. The molecule has 0 spiro atoms. The Morgan fingerprint density at radius 2 is 1.46 bits per heavy atom. The number of hydrogen-bond donors (Lipinski definition) is 0. The van der Waals surface area contributed by atoms with E-state index >= 15 is 0 Å². The van der Waals surface area contributed by atoms with Crippen molar-refractivity contribution in [3.63, 3.8) is 0 Å². The van der Waals surface area contributed by atoms with Crippen LogP contribution < -0.4 is 14.7 Å². The minimum atomic E-state index is -2.96. The molecule has 2 rings (SSSR count). The van der Waals surface area contributed by atoms with Crippen LogP contribution in [-0.4, -0.2) is 61.7 Å². The maximum Gasteiger partial charge on any atom is 0.147 e. The molecule has 0 atom stereocenters. The zero-order chi connectivity index (χ0) is 17.9. The molecule has 1 aromatic carbocycles. The van der Waals surface area contributed by atoms with Crippen LogP contribution in [0.15, 0.2) is 12.1 Å². The summed E-state index contributed by atoms with van der Waals surface area (Å²) in [5.74, 6) is 0.190. The molecular weight excluding hydrogens is 322 g/mol. The zero-order valence-electron chi connectivity index (χ0n) is 15.7. The highest BCUT2D eigenvalue weighted by Crippen LogP contribution is 2.40. The fourth-order valence-electron chi connectivity index (χ4n) is 3.23. The first-order valence-corrected chi connectivity index (χ1v) is 10.7. The van der Waals surface area contributed by atoms with Crippen LogP contribution in [0.4, 0.5) is 17.1 Å². The van der Waals surface area contributed by atoms with Gasteiger partial charge < -0.3 is 14.7 Å². The van der Waals surface area contributed by atoms with Crippen molar-refractivity contribution >= 4 is 26.9 Å². The lowest BCUT2D eigenvalue weighted by molar-refractivity contribution is 0.577. The van der Waals surface area contributed by atoms with Crippen LogP contribution in [0.5, 0.6) is 0 Å². The Balaban J connectivity index is 2.47. The quantitative estimate of drug-likeness (QED) is 0.786. The van der Waals surface area contributed by atoms with Gasteiger partial charge >= 0.3 is 0 Å². The van der Waals surface area contributed by atoms with E-state index in [0.29, 0.717) is 6.42 Å². The van der Waals surface area contributed by atoms with Gasteiger partial charge in [-0.05, 0) is 43.4 Å². The average Bonchev–Trinajstić information content (AvgIpc) is 2.52. The summed E-state index contributed by atoms with van der Waals surface area (Å²) in [5, 5.41) is 0. The second-order valence-electron chi connectivity index (χ2n) is 7.20. The van der Waals surface area contributed by atoms with Gasteiger partial charge in [-0.3, -0.25) is 0 Å². The molecule has 6 heteroatoms. The molecule has 1 aliphatic heterocycles. The van der Waals surface area contributed by atoms with Crippen molar-refractivity contribution in [2.24, 2.45) is 0 Å². The Kier molecular flexibility index (Phi) is 6.01. The van der Waals surface area contributed by atoms with Gasteiger partial charge in [-0.15, -0.1) is 0 Å². The molecule has 0 bridgehead atoms. The number of sulfone groups is 1. The van der Waals surface area contributed by atoms with E-state index in [9.17, 15) is 8.42 Å². The summed E-state index contributed by atoms with van der Waals surface area (Å²) in [6, 6.07) is 4.31. The molecule has 1 aliphatic rings. The van der Waals surface area contributed by atoms with E-state index < -0.39 is 9.84 Å². The average molecular weight is 354 g/mol. The third kappa shape index (κ3) is 4.79. The minimum Gasteiger partial charge on any atom is -0.376 e. The van der Waals surface area contributed by atoms with Crippen LogP contribution in [-0.2, 0) is 16.3 Å². The van der Waals surface area contributed by atoms with Crippen LogP contribution in [0.25, 0.3) is 0 Å². The summed E-state index contributed by atoms with van der Waals surface area (Å²) < 4.78 is 23.1. The van der Waals surface area contributed by atoms with Gasteiger partial charge in [-0.2, -0.15) is 0 Å². The Bertz CT molecular complexity index is 634. The highest BCUT2D eigenvalue weighted by atomic mass is 32.2. The lowest BCUT2D eigenvalue weighted by Crippen LogP contribution is -2.32. The van der Waals surface area contributed by atoms with Crippen LogP contribution in [0.2, 0.25) is 0 Å². The molecule has 24 heavy (non-hydrogen) atoms. The number of nitrogens with zero attached hydrogens (tertiary/aromatic N) is 3. The molecule has 0 unspecified atom stereocenters. The highest BCUT2D eigenvalue weighted by molar-refractivity contribution is 7.90. The van der Waals surface area contributed by atoms with Crippen molar-refractivity contribution in [2.75, 3.05) is 68.0 Å². The molecular formula is C18H31N3O2S. The lowest BCUT2D eigenvalue weighted by Gasteiger charge is -2.36. The van der Waals surface area contributed by atoms with Crippen LogP contribution in [0.1, 0.15) is 24.8 Å². The van der Waals surface area contributed by atoms with Gasteiger partial charge in [0.25, 0.3) is 0 Å². The first-order valence-electron chi connectivity index (χ1n) is 8.63. The summed E-state index contributed by atoms with van der Waals surface area (Å²) in [4.78, 5) is 6.76. The predicted octanol–water partition coefficient (Wildman–Crippen LogP) is 2.40. The third-order valence-corrected chi connectivity index (χ3v) is 5.47. The van der Waals surface area contributed by atoms with E-state index in [1.807, 2.05) is 0 Å². The molecule has 1 aromatic rings. The van der Waals surface area contributed by atoms with Crippen molar-refractivity contribution < 1.29 is 8.42 Å². The van der Waals surface area contributed by atoms with Crippen molar-refractivity contribution in [1.82, 2.24) is 0 Å². The highest BCUT2D eigenvalue weighted by Gasteiger charge is 2.21. The minimum absolute atomic E-state index is 0.190. The van der Waals surface area contributed by atoms with Crippen molar-refractivity contribution in [3.05, 3.63) is 17.7 Å². The zero-order valence-corrected chi connectivity index (χ0v) is 16.5. The Hall–Kier alpha value is -1.43. The molecule has 5 nitrogen and oxygen atoms in total. The Labute approximate surface area is 147 Å². The van der Waals surface area contributed by atoms with Crippen molar-refractivity contribution in [2.45, 2.75) is 25.7 Å². The topological polar surface area (TPSA) is 43.9 Å². The predicted molar refractivity (Wildman–Crippen MR) is 105 cm³/mol. The molecule has 0 saturated carbocycles.